The minimum atomic E-state index is 0.926. The molecule has 2 heteroatoms. The molecule has 2 aliphatic rings. The summed E-state index contributed by atoms with van der Waals surface area (Å²) in [5.74, 6) is 0.969. The molecule has 0 bridgehead atoms. The second-order valence-corrected chi connectivity index (χ2v) is 5.27. The molecule has 0 aromatic heterocycles. The number of hydrogen-bond donors (Lipinski definition) is 0. The molecule has 82 valence electrons. The molecule has 0 aromatic carbocycles. The van der Waals surface area contributed by atoms with E-state index >= 15 is 0 Å². The molecule has 0 amide bonds. The number of likely N-dealkylation sites (tertiary alicyclic amines) is 1. The quantitative estimate of drug-likeness (QED) is 0.679. The highest BCUT2D eigenvalue weighted by Gasteiger charge is 2.25. The van der Waals surface area contributed by atoms with Crippen LogP contribution < -0.4 is 0 Å². The monoisotopic (exact) mass is 196 g/mol. The van der Waals surface area contributed by atoms with Crippen LogP contribution in [0.4, 0.5) is 0 Å². The lowest BCUT2D eigenvalue weighted by Gasteiger charge is -2.38. The molecule has 1 aliphatic carbocycles. The van der Waals surface area contributed by atoms with E-state index in [2.05, 4.69) is 23.9 Å². The molecule has 0 spiro atoms. The Kier molecular flexibility index (Phi) is 3.45. The van der Waals surface area contributed by atoms with Crippen molar-refractivity contribution in [1.82, 2.24) is 9.80 Å². The van der Waals surface area contributed by atoms with E-state index in [1.165, 1.54) is 51.7 Å². The van der Waals surface area contributed by atoms with Gasteiger partial charge in [-0.25, -0.2) is 0 Å². The molecule has 1 saturated carbocycles. The molecule has 1 aliphatic heterocycles. The number of nitrogens with zero attached hydrogens (tertiary/aromatic N) is 2. The molecule has 2 rings (SSSR count). The number of rotatable bonds is 3. The van der Waals surface area contributed by atoms with Crippen molar-refractivity contribution < 1.29 is 0 Å². The zero-order valence-corrected chi connectivity index (χ0v) is 9.71. The van der Waals surface area contributed by atoms with E-state index in [0.29, 0.717) is 0 Å². The maximum Gasteiger partial charge on any atom is 0.00923 e. The molecular weight excluding hydrogens is 172 g/mol. The summed E-state index contributed by atoms with van der Waals surface area (Å²) < 4.78 is 0. The molecule has 0 unspecified atom stereocenters. The second kappa shape index (κ2) is 4.63. The van der Waals surface area contributed by atoms with Crippen LogP contribution in [0.3, 0.4) is 0 Å². The lowest BCUT2D eigenvalue weighted by atomic mass is 9.89. The van der Waals surface area contributed by atoms with E-state index < -0.39 is 0 Å². The van der Waals surface area contributed by atoms with Crippen molar-refractivity contribution in [3.05, 3.63) is 0 Å². The summed E-state index contributed by atoms with van der Waals surface area (Å²) in [6.07, 6.45) is 7.18. The summed E-state index contributed by atoms with van der Waals surface area (Å²) >= 11 is 0. The van der Waals surface area contributed by atoms with Crippen molar-refractivity contribution in [3.8, 4) is 0 Å². The lowest BCUT2D eigenvalue weighted by molar-refractivity contribution is 0.111. The molecule has 14 heavy (non-hydrogen) atoms. The van der Waals surface area contributed by atoms with Crippen LogP contribution in [-0.4, -0.2) is 49.6 Å². The molecule has 0 aromatic rings. The second-order valence-electron chi connectivity index (χ2n) is 5.27. The maximum absolute atomic E-state index is 2.61. The Morgan fingerprint density at radius 2 is 1.79 bits per heavy atom. The van der Waals surface area contributed by atoms with Gasteiger partial charge >= 0.3 is 0 Å². The van der Waals surface area contributed by atoms with Gasteiger partial charge in [-0.1, -0.05) is 6.42 Å². The highest BCUT2D eigenvalue weighted by molar-refractivity contribution is 4.80. The summed E-state index contributed by atoms with van der Waals surface area (Å²) in [5.41, 5.74) is 0. The van der Waals surface area contributed by atoms with Gasteiger partial charge in [0.05, 0.1) is 0 Å². The minimum absolute atomic E-state index is 0.926. The van der Waals surface area contributed by atoms with E-state index in [1.807, 2.05) is 0 Å². The Balaban J connectivity index is 1.68. The van der Waals surface area contributed by atoms with Crippen LogP contribution in [0.2, 0.25) is 0 Å². The van der Waals surface area contributed by atoms with Crippen LogP contribution in [0, 0.1) is 5.92 Å². The van der Waals surface area contributed by atoms with Crippen molar-refractivity contribution in [1.29, 1.82) is 0 Å². The summed E-state index contributed by atoms with van der Waals surface area (Å²) in [6, 6.07) is 0.926. The Hall–Kier alpha value is -0.0800. The molecule has 0 radical (unpaired) electrons. The number of piperidine rings is 1. The fourth-order valence-corrected chi connectivity index (χ4v) is 2.63. The highest BCUT2D eigenvalue weighted by Crippen LogP contribution is 2.26. The molecule has 0 N–H and O–H groups in total. The van der Waals surface area contributed by atoms with Crippen LogP contribution in [0.15, 0.2) is 0 Å². The number of hydrogen-bond acceptors (Lipinski definition) is 2. The largest absolute Gasteiger partial charge is 0.306 e. The van der Waals surface area contributed by atoms with Gasteiger partial charge in [0.25, 0.3) is 0 Å². The van der Waals surface area contributed by atoms with Gasteiger partial charge in [-0.3, -0.25) is 0 Å². The van der Waals surface area contributed by atoms with Crippen LogP contribution >= 0.6 is 0 Å². The van der Waals surface area contributed by atoms with E-state index in [0.717, 1.165) is 12.0 Å². The standard InChI is InChI=1S/C12H24N2/c1-13-8-6-11(7-9-13)10-14(2)12-4-3-5-12/h11-12H,3-10H2,1-2H3. The van der Waals surface area contributed by atoms with Gasteiger partial charge < -0.3 is 9.80 Å². The fraction of sp³-hybridized carbons (Fsp3) is 1.00. The van der Waals surface area contributed by atoms with Crippen molar-refractivity contribution in [3.63, 3.8) is 0 Å². The van der Waals surface area contributed by atoms with Gasteiger partial charge in [-0.05, 0) is 58.8 Å². The van der Waals surface area contributed by atoms with Crippen molar-refractivity contribution in [2.24, 2.45) is 5.92 Å². The summed E-state index contributed by atoms with van der Waals surface area (Å²) in [7, 11) is 4.56. The van der Waals surface area contributed by atoms with Gasteiger partial charge in [-0.15, -0.1) is 0 Å². The molecule has 2 fully saturated rings. The normalized spacial score (nSPS) is 26.8. The predicted octanol–water partition coefficient (Wildman–Crippen LogP) is 1.81. The first kappa shape index (κ1) is 10.4. The Bertz CT molecular complexity index is 169. The first-order chi connectivity index (χ1) is 6.75. The SMILES string of the molecule is CN1CCC(CN(C)C2CCC2)CC1. The van der Waals surface area contributed by atoms with E-state index in [4.69, 9.17) is 0 Å². The third-order valence-electron chi connectivity index (χ3n) is 4.08. The first-order valence-electron chi connectivity index (χ1n) is 6.14. The fourth-order valence-electron chi connectivity index (χ4n) is 2.63. The van der Waals surface area contributed by atoms with E-state index in [-0.39, 0.29) is 0 Å². The predicted molar refractivity (Wildman–Crippen MR) is 60.5 cm³/mol. The molecular formula is C12H24N2. The van der Waals surface area contributed by atoms with E-state index in [1.54, 1.807) is 0 Å². The van der Waals surface area contributed by atoms with Gasteiger partial charge in [0, 0.05) is 12.6 Å². The van der Waals surface area contributed by atoms with Gasteiger partial charge in [-0.2, -0.15) is 0 Å². The molecule has 1 saturated heterocycles. The van der Waals surface area contributed by atoms with Crippen LogP contribution in [0.25, 0.3) is 0 Å². The summed E-state index contributed by atoms with van der Waals surface area (Å²) in [4.78, 5) is 5.07. The molecule has 1 heterocycles. The molecule has 2 nitrogen and oxygen atoms in total. The Morgan fingerprint density at radius 1 is 1.14 bits per heavy atom. The summed E-state index contributed by atoms with van der Waals surface area (Å²) in [5, 5.41) is 0. The smallest absolute Gasteiger partial charge is 0.00923 e. The van der Waals surface area contributed by atoms with Crippen molar-refractivity contribution >= 4 is 0 Å². The average Bonchev–Trinajstić information content (AvgIpc) is 2.06. The minimum Gasteiger partial charge on any atom is -0.306 e. The van der Waals surface area contributed by atoms with Crippen LogP contribution in [0.1, 0.15) is 32.1 Å². The summed E-state index contributed by atoms with van der Waals surface area (Å²) in [6.45, 7) is 3.96. The highest BCUT2D eigenvalue weighted by atomic mass is 15.1. The average molecular weight is 196 g/mol. The van der Waals surface area contributed by atoms with Crippen molar-refractivity contribution in [2.45, 2.75) is 38.1 Å². The Labute approximate surface area is 88.3 Å². The van der Waals surface area contributed by atoms with Crippen LogP contribution in [-0.2, 0) is 0 Å². The lowest BCUT2D eigenvalue weighted by Crippen LogP contribution is -2.42. The van der Waals surface area contributed by atoms with E-state index in [9.17, 15) is 0 Å². The van der Waals surface area contributed by atoms with Gasteiger partial charge in [0.2, 0.25) is 0 Å². The van der Waals surface area contributed by atoms with Crippen LogP contribution in [0.5, 0.6) is 0 Å². The van der Waals surface area contributed by atoms with Gasteiger partial charge in [0.15, 0.2) is 0 Å². The topological polar surface area (TPSA) is 6.48 Å². The maximum atomic E-state index is 2.61. The zero-order valence-electron chi connectivity index (χ0n) is 9.71. The van der Waals surface area contributed by atoms with Crippen molar-refractivity contribution in [2.75, 3.05) is 33.7 Å². The third kappa shape index (κ3) is 2.48. The molecule has 0 atom stereocenters. The van der Waals surface area contributed by atoms with Gasteiger partial charge in [0.1, 0.15) is 0 Å². The zero-order chi connectivity index (χ0) is 9.97. The first-order valence-corrected chi connectivity index (χ1v) is 6.14. The third-order valence-corrected chi connectivity index (χ3v) is 4.08. The Morgan fingerprint density at radius 3 is 2.29 bits per heavy atom.